The molecule has 1 amide bonds. The zero-order chi connectivity index (χ0) is 18.3. The number of ether oxygens (including phenoxy) is 2. The van der Waals surface area contributed by atoms with Gasteiger partial charge in [-0.15, -0.1) is 0 Å². The van der Waals surface area contributed by atoms with Crippen LogP contribution in [-0.2, 0) is 14.3 Å². The minimum Gasteiger partial charge on any atom is -0.462 e. The maximum absolute atomic E-state index is 12.3. The molecule has 0 saturated heterocycles. The number of nitrogens with one attached hydrogen (secondary N) is 1. The van der Waals surface area contributed by atoms with Crippen LogP contribution in [0.25, 0.3) is 0 Å². The summed E-state index contributed by atoms with van der Waals surface area (Å²) < 4.78 is 15.4. The molecule has 1 aromatic heterocycles. The van der Waals surface area contributed by atoms with E-state index in [9.17, 15) is 14.4 Å². The lowest BCUT2D eigenvalue weighted by molar-refractivity contribution is -0.120. The quantitative estimate of drug-likeness (QED) is 0.730. The van der Waals surface area contributed by atoms with E-state index in [4.69, 9.17) is 13.9 Å². The first-order chi connectivity index (χ1) is 11.4. The van der Waals surface area contributed by atoms with E-state index < -0.39 is 11.9 Å². The molecule has 0 unspecified atom stereocenters. The number of carbonyl (C=O) groups is 3. The second-order valence-electron chi connectivity index (χ2n) is 5.18. The molecule has 1 N–H and O–H groups in total. The minimum absolute atomic E-state index is 0.0184. The fourth-order valence-electron chi connectivity index (χ4n) is 2.35. The third-order valence-electron chi connectivity index (χ3n) is 3.64. The van der Waals surface area contributed by atoms with Crippen LogP contribution in [-0.4, -0.2) is 31.1 Å². The molecule has 0 atom stereocenters. The normalized spacial score (nSPS) is 10.6. The molecular weight excluding hydrogens is 314 g/mol. The lowest BCUT2D eigenvalue weighted by atomic mass is 10.0. The summed E-state index contributed by atoms with van der Waals surface area (Å²) in [5.74, 6) is -1.80. The summed E-state index contributed by atoms with van der Waals surface area (Å²) in [6.45, 7) is 8.92. The monoisotopic (exact) mass is 339 g/mol. The van der Waals surface area contributed by atoms with Crippen LogP contribution in [0.3, 0.4) is 0 Å². The molecule has 0 aliphatic rings. The number of amides is 1. The Morgan fingerprint density at radius 3 is 1.92 bits per heavy atom. The van der Waals surface area contributed by atoms with E-state index in [1.54, 1.807) is 13.8 Å². The van der Waals surface area contributed by atoms with Crippen molar-refractivity contribution in [3.05, 3.63) is 16.9 Å². The Labute approximate surface area is 141 Å². The summed E-state index contributed by atoms with van der Waals surface area (Å²) in [5, 5.41) is 2.60. The van der Waals surface area contributed by atoms with Gasteiger partial charge in [-0.05, 0) is 33.6 Å². The molecule has 7 heteroatoms. The van der Waals surface area contributed by atoms with Crippen LogP contribution in [0.2, 0.25) is 0 Å². The van der Waals surface area contributed by atoms with E-state index in [2.05, 4.69) is 5.32 Å². The molecule has 0 aliphatic heterocycles. The Morgan fingerprint density at radius 1 is 0.958 bits per heavy atom. The Balaban J connectivity index is 3.29. The van der Waals surface area contributed by atoms with Gasteiger partial charge in [0.05, 0.1) is 13.2 Å². The predicted molar refractivity (Wildman–Crippen MR) is 88.1 cm³/mol. The third-order valence-corrected chi connectivity index (χ3v) is 3.64. The van der Waals surface area contributed by atoms with E-state index in [-0.39, 0.29) is 47.8 Å². The molecule has 0 radical (unpaired) electrons. The van der Waals surface area contributed by atoms with Gasteiger partial charge in [-0.3, -0.25) is 10.1 Å². The largest absolute Gasteiger partial charge is 0.462 e. The SMILES string of the molecule is CCOC(=O)c1c(C)oc(NC(=O)C(CC)CC)c1C(=O)OCC. The van der Waals surface area contributed by atoms with Crippen molar-refractivity contribution < 1.29 is 28.3 Å². The van der Waals surface area contributed by atoms with Crippen molar-refractivity contribution in [3.8, 4) is 0 Å². The fourth-order valence-corrected chi connectivity index (χ4v) is 2.35. The van der Waals surface area contributed by atoms with Crippen LogP contribution in [0.15, 0.2) is 4.42 Å². The number of hydrogen-bond acceptors (Lipinski definition) is 6. The van der Waals surface area contributed by atoms with Gasteiger partial charge in [0.25, 0.3) is 0 Å². The third kappa shape index (κ3) is 4.37. The standard InChI is InChI=1S/C17H25NO6/c1-6-11(7-2)14(19)18-15-13(17(21)23-9-4)12(10(5)24-15)16(20)22-8-3/h11H,6-9H2,1-5H3,(H,18,19). The smallest absolute Gasteiger partial charge is 0.344 e. The Hall–Kier alpha value is -2.31. The average molecular weight is 339 g/mol. The van der Waals surface area contributed by atoms with Gasteiger partial charge in [-0.1, -0.05) is 13.8 Å². The zero-order valence-electron chi connectivity index (χ0n) is 14.9. The number of furan rings is 1. The summed E-state index contributed by atoms with van der Waals surface area (Å²) in [6.07, 6.45) is 1.31. The van der Waals surface area contributed by atoms with Crippen LogP contribution in [0.1, 0.15) is 67.0 Å². The number of anilines is 1. The van der Waals surface area contributed by atoms with Gasteiger partial charge in [0, 0.05) is 5.92 Å². The Morgan fingerprint density at radius 2 is 1.46 bits per heavy atom. The topological polar surface area (TPSA) is 94.8 Å². The summed E-state index contributed by atoms with van der Waals surface area (Å²) in [4.78, 5) is 36.7. The maximum atomic E-state index is 12.3. The molecule has 0 fully saturated rings. The Bertz CT molecular complexity index is 600. The van der Waals surface area contributed by atoms with Gasteiger partial charge in [0.15, 0.2) is 0 Å². The fraction of sp³-hybridized carbons (Fsp3) is 0.588. The lowest BCUT2D eigenvalue weighted by Crippen LogP contribution is -2.23. The van der Waals surface area contributed by atoms with E-state index in [1.807, 2.05) is 13.8 Å². The first kappa shape index (κ1) is 19.7. The van der Waals surface area contributed by atoms with Gasteiger partial charge < -0.3 is 13.9 Å². The molecule has 24 heavy (non-hydrogen) atoms. The van der Waals surface area contributed by atoms with Crippen LogP contribution in [0, 0.1) is 12.8 Å². The van der Waals surface area contributed by atoms with Crippen LogP contribution >= 0.6 is 0 Å². The van der Waals surface area contributed by atoms with E-state index >= 15 is 0 Å². The van der Waals surface area contributed by atoms with E-state index in [0.717, 1.165) is 0 Å². The zero-order valence-corrected chi connectivity index (χ0v) is 14.9. The first-order valence-electron chi connectivity index (χ1n) is 8.19. The van der Waals surface area contributed by atoms with Crippen molar-refractivity contribution in [1.82, 2.24) is 0 Å². The van der Waals surface area contributed by atoms with Gasteiger partial charge in [-0.2, -0.15) is 0 Å². The van der Waals surface area contributed by atoms with Crippen LogP contribution in [0.4, 0.5) is 5.88 Å². The molecule has 0 aliphatic carbocycles. The molecule has 7 nitrogen and oxygen atoms in total. The minimum atomic E-state index is -0.739. The number of hydrogen-bond donors (Lipinski definition) is 1. The highest BCUT2D eigenvalue weighted by atomic mass is 16.5. The highest BCUT2D eigenvalue weighted by Crippen LogP contribution is 2.29. The molecule has 0 aromatic carbocycles. The first-order valence-corrected chi connectivity index (χ1v) is 8.19. The second-order valence-corrected chi connectivity index (χ2v) is 5.18. The van der Waals surface area contributed by atoms with Crippen molar-refractivity contribution in [1.29, 1.82) is 0 Å². The number of carbonyl (C=O) groups excluding carboxylic acids is 3. The van der Waals surface area contributed by atoms with Crippen molar-refractivity contribution in [2.45, 2.75) is 47.5 Å². The second kappa shape index (κ2) is 9.10. The predicted octanol–water partition coefficient (Wildman–Crippen LogP) is 3.32. The number of rotatable bonds is 8. The van der Waals surface area contributed by atoms with Gasteiger partial charge in [0.1, 0.15) is 16.9 Å². The molecule has 1 aromatic rings. The molecule has 0 spiro atoms. The van der Waals surface area contributed by atoms with Crippen molar-refractivity contribution in [2.24, 2.45) is 5.92 Å². The highest BCUT2D eigenvalue weighted by molar-refractivity contribution is 6.09. The number of aryl methyl sites for hydroxylation is 1. The lowest BCUT2D eigenvalue weighted by Gasteiger charge is -2.12. The Kier molecular flexibility index (Phi) is 7.48. The van der Waals surface area contributed by atoms with Gasteiger partial charge in [0.2, 0.25) is 11.8 Å². The summed E-state index contributed by atoms with van der Waals surface area (Å²) in [7, 11) is 0. The molecular formula is C17H25NO6. The molecule has 1 heterocycles. The molecule has 0 saturated carbocycles. The average Bonchev–Trinajstić information content (AvgIpc) is 2.85. The van der Waals surface area contributed by atoms with Crippen molar-refractivity contribution in [2.75, 3.05) is 18.5 Å². The van der Waals surface area contributed by atoms with Crippen LogP contribution < -0.4 is 5.32 Å². The van der Waals surface area contributed by atoms with Crippen molar-refractivity contribution >= 4 is 23.7 Å². The summed E-state index contributed by atoms with van der Waals surface area (Å²) in [6, 6.07) is 0. The molecule has 134 valence electrons. The van der Waals surface area contributed by atoms with Gasteiger partial charge >= 0.3 is 11.9 Å². The van der Waals surface area contributed by atoms with Gasteiger partial charge in [-0.25, -0.2) is 9.59 Å². The number of esters is 2. The van der Waals surface area contributed by atoms with Crippen molar-refractivity contribution in [3.63, 3.8) is 0 Å². The summed E-state index contributed by atoms with van der Waals surface area (Å²) in [5.41, 5.74) is -0.123. The maximum Gasteiger partial charge on any atom is 0.344 e. The molecule has 0 bridgehead atoms. The van der Waals surface area contributed by atoms with E-state index in [0.29, 0.717) is 12.8 Å². The van der Waals surface area contributed by atoms with Crippen LogP contribution in [0.5, 0.6) is 0 Å². The summed E-state index contributed by atoms with van der Waals surface area (Å²) >= 11 is 0. The molecule has 1 rings (SSSR count). The van der Waals surface area contributed by atoms with E-state index in [1.165, 1.54) is 6.92 Å². The highest BCUT2D eigenvalue weighted by Gasteiger charge is 2.32.